The second kappa shape index (κ2) is 13.3. The fourth-order valence-corrected chi connectivity index (χ4v) is 4.89. The zero-order valence-corrected chi connectivity index (χ0v) is 18.0. The van der Waals surface area contributed by atoms with Crippen LogP contribution < -0.4 is 10.5 Å². The van der Waals surface area contributed by atoms with Crippen molar-refractivity contribution in [3.05, 3.63) is 35.9 Å². The molecule has 27 heavy (non-hydrogen) atoms. The van der Waals surface area contributed by atoms with E-state index < -0.39 is 10.0 Å². The van der Waals surface area contributed by atoms with Crippen molar-refractivity contribution in [3.63, 3.8) is 0 Å². The highest BCUT2D eigenvalue weighted by Gasteiger charge is 2.28. The molecule has 0 fully saturated rings. The lowest BCUT2D eigenvalue weighted by Gasteiger charge is -2.23. The summed E-state index contributed by atoms with van der Waals surface area (Å²) in [6.45, 7) is 7.73. The predicted octanol–water partition coefficient (Wildman–Crippen LogP) is 3.84. The van der Waals surface area contributed by atoms with Crippen molar-refractivity contribution in [1.29, 1.82) is 0 Å². The summed E-state index contributed by atoms with van der Waals surface area (Å²) in [6.07, 6.45) is 5.29. The van der Waals surface area contributed by atoms with Crippen LogP contribution in [0.25, 0.3) is 0 Å². The van der Waals surface area contributed by atoms with Crippen molar-refractivity contribution in [1.82, 2.24) is 4.72 Å². The lowest BCUT2D eigenvalue weighted by Crippen LogP contribution is -2.38. The summed E-state index contributed by atoms with van der Waals surface area (Å²) < 4.78 is 34.0. The Labute approximate surface area is 166 Å². The van der Waals surface area contributed by atoms with Gasteiger partial charge in [-0.3, -0.25) is 0 Å². The van der Waals surface area contributed by atoms with Crippen LogP contribution >= 0.6 is 0 Å². The molecule has 0 saturated carbocycles. The molecule has 0 bridgehead atoms. The number of ether oxygens (including phenoxy) is 1. The van der Waals surface area contributed by atoms with E-state index in [-0.39, 0.29) is 17.3 Å². The Balaban J connectivity index is 2.40. The van der Waals surface area contributed by atoms with E-state index in [2.05, 4.69) is 4.72 Å². The maximum atomic E-state index is 12.7. The molecule has 156 valence electrons. The maximum Gasteiger partial charge on any atom is 0.214 e. The zero-order chi connectivity index (χ0) is 20.1. The molecule has 0 radical (unpaired) electrons. The summed E-state index contributed by atoms with van der Waals surface area (Å²) in [6, 6.07) is 10.0. The first-order valence-electron chi connectivity index (χ1n) is 10.2. The number of hydrogen-bond donors (Lipinski definition) is 2. The average molecular weight is 399 g/mol. The van der Waals surface area contributed by atoms with Crippen LogP contribution in [0.4, 0.5) is 0 Å². The minimum Gasteiger partial charge on any atom is -0.374 e. The molecule has 1 aromatic carbocycles. The van der Waals surface area contributed by atoms with Gasteiger partial charge in [0.2, 0.25) is 10.0 Å². The summed E-state index contributed by atoms with van der Waals surface area (Å²) in [5.41, 5.74) is 6.61. The fourth-order valence-electron chi connectivity index (χ4n) is 3.09. The number of sulfonamides is 1. The second-order valence-corrected chi connectivity index (χ2v) is 9.59. The van der Waals surface area contributed by atoms with Gasteiger partial charge in [-0.2, -0.15) is 0 Å². The van der Waals surface area contributed by atoms with Crippen LogP contribution in [0.15, 0.2) is 30.3 Å². The van der Waals surface area contributed by atoms with E-state index in [1.807, 2.05) is 51.1 Å². The normalized spacial score (nSPS) is 14.4. The van der Waals surface area contributed by atoms with Crippen LogP contribution in [-0.2, 0) is 21.4 Å². The van der Waals surface area contributed by atoms with Gasteiger partial charge in [-0.05, 0) is 50.6 Å². The molecule has 0 spiro atoms. The Bertz CT molecular complexity index is 591. The minimum atomic E-state index is -3.31. The smallest absolute Gasteiger partial charge is 0.214 e. The number of unbranched alkanes of at least 4 members (excludes halogenated alkanes) is 3. The number of benzene rings is 1. The van der Waals surface area contributed by atoms with Gasteiger partial charge in [-0.1, -0.05) is 57.0 Å². The van der Waals surface area contributed by atoms with E-state index >= 15 is 0 Å². The number of hydrogen-bond acceptors (Lipinski definition) is 4. The zero-order valence-electron chi connectivity index (χ0n) is 17.2. The van der Waals surface area contributed by atoms with Crippen molar-refractivity contribution in [3.8, 4) is 0 Å². The summed E-state index contributed by atoms with van der Waals surface area (Å²) >= 11 is 0. The van der Waals surface area contributed by atoms with Crippen LogP contribution in [0.2, 0.25) is 0 Å². The molecule has 3 N–H and O–H groups in total. The molecule has 0 aliphatic heterocycles. The maximum absolute atomic E-state index is 12.7. The molecular formula is C21H38N2O3S. The third kappa shape index (κ3) is 10.2. The summed E-state index contributed by atoms with van der Waals surface area (Å²) in [5.74, 6) is 0.0704. The Morgan fingerprint density at radius 3 is 2.30 bits per heavy atom. The van der Waals surface area contributed by atoms with E-state index in [0.717, 1.165) is 37.7 Å². The van der Waals surface area contributed by atoms with E-state index in [1.54, 1.807) is 0 Å². The third-order valence-electron chi connectivity index (χ3n) is 4.81. The van der Waals surface area contributed by atoms with E-state index in [9.17, 15) is 8.42 Å². The number of nitrogens with two attached hydrogens (primary N) is 1. The first-order chi connectivity index (χ1) is 12.9. The van der Waals surface area contributed by atoms with Gasteiger partial charge in [-0.15, -0.1) is 0 Å². The van der Waals surface area contributed by atoms with Crippen LogP contribution in [0.1, 0.15) is 64.9 Å². The average Bonchev–Trinajstić information content (AvgIpc) is 2.63. The predicted molar refractivity (Wildman–Crippen MR) is 113 cm³/mol. The molecule has 6 heteroatoms. The molecule has 2 atom stereocenters. The highest BCUT2D eigenvalue weighted by atomic mass is 32.2. The first kappa shape index (κ1) is 24.1. The Morgan fingerprint density at radius 1 is 1.00 bits per heavy atom. The fraction of sp³-hybridized carbons (Fsp3) is 0.714. The largest absolute Gasteiger partial charge is 0.374 e. The minimum absolute atomic E-state index is 0.0259. The van der Waals surface area contributed by atoms with Crippen LogP contribution in [0.3, 0.4) is 0 Å². The van der Waals surface area contributed by atoms with Gasteiger partial charge in [-0.25, -0.2) is 13.1 Å². The summed E-state index contributed by atoms with van der Waals surface area (Å²) in [5, 5.41) is -0.385. The van der Waals surface area contributed by atoms with E-state index in [1.165, 1.54) is 0 Å². The van der Waals surface area contributed by atoms with Crippen molar-refractivity contribution in [2.75, 3.05) is 13.1 Å². The molecule has 1 rings (SSSR count). The highest BCUT2D eigenvalue weighted by Crippen LogP contribution is 2.20. The molecule has 0 amide bonds. The quantitative estimate of drug-likeness (QED) is 0.440. The van der Waals surface area contributed by atoms with Gasteiger partial charge in [0.25, 0.3) is 0 Å². The van der Waals surface area contributed by atoms with Crippen molar-refractivity contribution < 1.29 is 13.2 Å². The van der Waals surface area contributed by atoms with Gasteiger partial charge in [0.1, 0.15) is 0 Å². The second-order valence-electron chi connectivity index (χ2n) is 7.61. The Kier molecular flexibility index (Phi) is 11.8. The molecule has 1 aromatic rings. The molecule has 0 heterocycles. The highest BCUT2D eigenvalue weighted by molar-refractivity contribution is 7.90. The van der Waals surface area contributed by atoms with Gasteiger partial charge < -0.3 is 10.5 Å². The van der Waals surface area contributed by atoms with Crippen LogP contribution in [-0.4, -0.2) is 32.9 Å². The van der Waals surface area contributed by atoms with Crippen LogP contribution in [0, 0.1) is 5.92 Å². The third-order valence-corrected chi connectivity index (χ3v) is 7.00. The van der Waals surface area contributed by atoms with Gasteiger partial charge in [0, 0.05) is 6.54 Å². The Morgan fingerprint density at radius 2 is 1.67 bits per heavy atom. The van der Waals surface area contributed by atoms with Gasteiger partial charge in [0.05, 0.1) is 18.0 Å². The summed E-state index contributed by atoms with van der Waals surface area (Å²) in [4.78, 5) is 0. The lowest BCUT2D eigenvalue weighted by molar-refractivity contribution is 0.0456. The molecule has 5 nitrogen and oxygen atoms in total. The van der Waals surface area contributed by atoms with Crippen molar-refractivity contribution in [2.24, 2.45) is 11.7 Å². The topological polar surface area (TPSA) is 81.4 Å². The van der Waals surface area contributed by atoms with Crippen molar-refractivity contribution >= 4 is 10.0 Å². The van der Waals surface area contributed by atoms with E-state index in [4.69, 9.17) is 10.5 Å². The molecular weight excluding hydrogens is 360 g/mol. The van der Waals surface area contributed by atoms with Gasteiger partial charge in [0.15, 0.2) is 0 Å². The SMILES string of the molecule is CC(CCC(C(C)C)S(=O)(=O)NCCCCCCN)OCc1ccccc1. The van der Waals surface area contributed by atoms with Crippen molar-refractivity contribution in [2.45, 2.75) is 77.3 Å². The first-order valence-corrected chi connectivity index (χ1v) is 11.8. The summed E-state index contributed by atoms with van der Waals surface area (Å²) in [7, 11) is -3.31. The van der Waals surface area contributed by atoms with Crippen LogP contribution in [0.5, 0.6) is 0 Å². The molecule has 0 saturated heterocycles. The van der Waals surface area contributed by atoms with E-state index in [0.29, 0.717) is 26.1 Å². The number of nitrogens with one attached hydrogen (secondary N) is 1. The Hall–Kier alpha value is -0.950. The van der Waals surface area contributed by atoms with Gasteiger partial charge >= 0.3 is 0 Å². The molecule has 0 aliphatic carbocycles. The monoisotopic (exact) mass is 398 g/mol. The molecule has 0 aliphatic rings. The molecule has 0 aromatic heterocycles. The number of rotatable bonds is 15. The standard InChI is InChI=1S/C21H38N2O3S/c1-18(2)21(27(24,25)23-16-10-5-4-9-15-22)14-13-19(3)26-17-20-11-7-6-8-12-20/h6-8,11-12,18-19,21,23H,4-5,9-10,13-17,22H2,1-3H3. The lowest BCUT2D eigenvalue weighted by atomic mass is 10.0. The molecule has 2 unspecified atom stereocenters.